The topological polar surface area (TPSA) is 67.8 Å². The molecule has 0 amide bonds. The van der Waals surface area contributed by atoms with Crippen LogP contribution in [0.2, 0.25) is 0 Å². The summed E-state index contributed by atoms with van der Waals surface area (Å²) >= 11 is 0. The molecule has 0 bridgehead atoms. The number of halogens is 2. The average Bonchev–Trinajstić information content (AvgIpc) is 2.76. The van der Waals surface area contributed by atoms with E-state index in [1.807, 2.05) is 31.2 Å². The van der Waals surface area contributed by atoms with Crippen LogP contribution in [0.1, 0.15) is 16.7 Å². The number of ether oxygens (including phenoxy) is 2. The molecule has 3 rings (SSSR count). The van der Waals surface area contributed by atoms with Crippen LogP contribution in [0.5, 0.6) is 17.4 Å². The van der Waals surface area contributed by atoms with E-state index in [1.165, 1.54) is 12.1 Å². The summed E-state index contributed by atoms with van der Waals surface area (Å²) in [4.78, 5) is 8.46. The lowest BCUT2D eigenvalue weighted by molar-refractivity contribution is 0.408. The fraction of sp³-hybridized carbons (Fsp3) is 0.217. The molecule has 0 spiro atoms. The zero-order valence-corrected chi connectivity index (χ0v) is 20.0. The summed E-state index contributed by atoms with van der Waals surface area (Å²) in [7, 11) is 3.39. The van der Waals surface area contributed by atoms with Gasteiger partial charge >= 0.3 is 0 Å². The highest BCUT2D eigenvalue weighted by Gasteiger charge is 2.06. The van der Waals surface area contributed by atoms with Gasteiger partial charge in [0.2, 0.25) is 5.88 Å². The number of methoxy groups -OCH3 is 1. The first-order valence-electron chi connectivity index (χ1n) is 9.54. The Morgan fingerprint density at radius 2 is 1.77 bits per heavy atom. The van der Waals surface area contributed by atoms with Crippen LogP contribution in [-0.2, 0) is 13.1 Å². The molecular formula is C23H26FIN4O2. The molecule has 1 heterocycles. The fourth-order valence-corrected chi connectivity index (χ4v) is 2.82. The molecule has 31 heavy (non-hydrogen) atoms. The van der Waals surface area contributed by atoms with Crippen LogP contribution in [0, 0.1) is 12.7 Å². The van der Waals surface area contributed by atoms with E-state index in [2.05, 4.69) is 26.7 Å². The second-order valence-corrected chi connectivity index (χ2v) is 6.65. The van der Waals surface area contributed by atoms with E-state index in [0.29, 0.717) is 30.7 Å². The molecule has 0 aliphatic rings. The second-order valence-electron chi connectivity index (χ2n) is 6.65. The van der Waals surface area contributed by atoms with Crippen LogP contribution in [0.25, 0.3) is 0 Å². The zero-order chi connectivity index (χ0) is 21.3. The van der Waals surface area contributed by atoms with Crippen molar-refractivity contribution >= 4 is 29.9 Å². The Hall–Kier alpha value is -2.88. The molecule has 2 aromatic carbocycles. The minimum atomic E-state index is -0.310. The van der Waals surface area contributed by atoms with Gasteiger partial charge in [-0.25, -0.2) is 9.37 Å². The van der Waals surface area contributed by atoms with Crippen molar-refractivity contribution in [3.63, 3.8) is 0 Å². The molecule has 2 N–H and O–H groups in total. The quantitative estimate of drug-likeness (QED) is 0.258. The minimum Gasteiger partial charge on any atom is -0.496 e. The lowest BCUT2D eigenvalue weighted by Crippen LogP contribution is -2.36. The van der Waals surface area contributed by atoms with Crippen molar-refractivity contribution in [1.82, 2.24) is 15.6 Å². The van der Waals surface area contributed by atoms with E-state index in [-0.39, 0.29) is 29.8 Å². The van der Waals surface area contributed by atoms with E-state index in [4.69, 9.17) is 9.47 Å². The van der Waals surface area contributed by atoms with Crippen LogP contribution in [0.3, 0.4) is 0 Å². The maximum absolute atomic E-state index is 13.0. The van der Waals surface area contributed by atoms with Crippen LogP contribution in [0.4, 0.5) is 4.39 Å². The summed E-state index contributed by atoms with van der Waals surface area (Å²) in [6.45, 7) is 3.15. The SMILES string of the molecule is CN=C(NCc1ccnc(Oc2ccc(F)cc2)c1)NCc1ccc(C)cc1OC.I. The Kier molecular flexibility index (Phi) is 9.51. The second kappa shape index (κ2) is 12.1. The van der Waals surface area contributed by atoms with Gasteiger partial charge in [0.1, 0.15) is 17.3 Å². The van der Waals surface area contributed by atoms with Gasteiger partial charge in [-0.15, -0.1) is 24.0 Å². The molecule has 1 aromatic heterocycles. The number of nitrogens with one attached hydrogen (secondary N) is 2. The van der Waals surface area contributed by atoms with Gasteiger partial charge in [-0.1, -0.05) is 12.1 Å². The minimum absolute atomic E-state index is 0. The number of hydrogen-bond acceptors (Lipinski definition) is 4. The molecule has 0 fully saturated rings. The number of hydrogen-bond donors (Lipinski definition) is 2. The summed E-state index contributed by atoms with van der Waals surface area (Å²) < 4.78 is 24.2. The molecule has 0 radical (unpaired) electrons. The molecule has 0 aliphatic carbocycles. The number of aryl methyl sites for hydroxylation is 1. The molecular weight excluding hydrogens is 510 g/mol. The molecule has 0 atom stereocenters. The van der Waals surface area contributed by atoms with E-state index < -0.39 is 0 Å². The Morgan fingerprint density at radius 3 is 2.48 bits per heavy atom. The van der Waals surface area contributed by atoms with Crippen molar-refractivity contribution in [3.8, 4) is 17.4 Å². The van der Waals surface area contributed by atoms with Gasteiger partial charge in [-0.2, -0.15) is 0 Å². The first kappa shape index (κ1) is 24.4. The number of rotatable bonds is 7. The summed E-state index contributed by atoms with van der Waals surface area (Å²) in [5, 5.41) is 6.55. The molecule has 0 unspecified atom stereocenters. The highest BCUT2D eigenvalue weighted by Crippen LogP contribution is 2.21. The van der Waals surface area contributed by atoms with Crippen molar-refractivity contribution in [2.24, 2.45) is 4.99 Å². The molecule has 0 saturated heterocycles. The number of aromatic nitrogens is 1. The summed E-state index contributed by atoms with van der Waals surface area (Å²) in [5.41, 5.74) is 3.16. The van der Waals surface area contributed by atoms with Gasteiger partial charge in [-0.3, -0.25) is 4.99 Å². The standard InChI is InChI=1S/C23H25FN4O2.HI/c1-16-4-5-18(21(12-16)29-3)15-28-23(25-2)27-14-17-10-11-26-22(13-17)30-20-8-6-19(24)7-9-20;/h4-13H,14-15H2,1-3H3,(H2,25,27,28);1H. The Bertz CT molecular complexity index is 1010. The smallest absolute Gasteiger partial charge is 0.219 e. The monoisotopic (exact) mass is 536 g/mol. The van der Waals surface area contributed by atoms with Crippen molar-refractivity contribution in [2.45, 2.75) is 20.0 Å². The van der Waals surface area contributed by atoms with E-state index in [9.17, 15) is 4.39 Å². The third kappa shape index (κ3) is 7.39. The van der Waals surface area contributed by atoms with Crippen LogP contribution in [0.15, 0.2) is 65.8 Å². The van der Waals surface area contributed by atoms with Gasteiger partial charge in [0, 0.05) is 38.0 Å². The fourth-order valence-electron chi connectivity index (χ4n) is 2.82. The number of guanidine groups is 1. The van der Waals surface area contributed by atoms with Gasteiger partial charge < -0.3 is 20.1 Å². The summed E-state index contributed by atoms with van der Waals surface area (Å²) in [6.07, 6.45) is 1.67. The van der Waals surface area contributed by atoms with Crippen molar-refractivity contribution in [2.75, 3.05) is 14.2 Å². The molecule has 8 heteroatoms. The van der Waals surface area contributed by atoms with Gasteiger partial charge in [-0.05, 0) is 54.4 Å². The normalized spacial score (nSPS) is 10.8. The predicted molar refractivity (Wildman–Crippen MR) is 131 cm³/mol. The summed E-state index contributed by atoms with van der Waals surface area (Å²) in [6, 6.07) is 15.6. The maximum atomic E-state index is 13.0. The Balaban J connectivity index is 0.00000341. The number of nitrogens with zero attached hydrogens (tertiary/aromatic N) is 2. The molecule has 3 aromatic rings. The average molecular weight is 536 g/mol. The van der Waals surface area contributed by atoms with E-state index >= 15 is 0 Å². The Labute approximate surface area is 198 Å². The summed E-state index contributed by atoms with van der Waals surface area (Å²) in [5.74, 6) is 2.16. The van der Waals surface area contributed by atoms with Crippen LogP contribution in [-0.4, -0.2) is 25.1 Å². The van der Waals surface area contributed by atoms with Gasteiger partial charge in [0.15, 0.2) is 5.96 Å². The third-order valence-electron chi connectivity index (χ3n) is 4.41. The highest BCUT2D eigenvalue weighted by molar-refractivity contribution is 14.0. The predicted octanol–water partition coefficient (Wildman–Crippen LogP) is 4.81. The van der Waals surface area contributed by atoms with Gasteiger partial charge in [0.25, 0.3) is 0 Å². The van der Waals surface area contributed by atoms with Crippen LogP contribution < -0.4 is 20.1 Å². The molecule has 0 aliphatic heterocycles. The molecule has 164 valence electrons. The third-order valence-corrected chi connectivity index (χ3v) is 4.41. The first-order valence-corrected chi connectivity index (χ1v) is 9.54. The Morgan fingerprint density at radius 1 is 1.03 bits per heavy atom. The maximum Gasteiger partial charge on any atom is 0.219 e. The largest absolute Gasteiger partial charge is 0.496 e. The van der Waals surface area contributed by atoms with Crippen molar-refractivity contribution in [3.05, 3.63) is 83.3 Å². The zero-order valence-electron chi connectivity index (χ0n) is 17.7. The number of benzene rings is 2. The lowest BCUT2D eigenvalue weighted by Gasteiger charge is -2.14. The van der Waals surface area contributed by atoms with Gasteiger partial charge in [0.05, 0.1) is 7.11 Å². The van der Waals surface area contributed by atoms with E-state index in [0.717, 1.165) is 22.4 Å². The number of aliphatic imine (C=N–C) groups is 1. The first-order chi connectivity index (χ1) is 14.6. The molecule has 0 saturated carbocycles. The van der Waals surface area contributed by atoms with Crippen LogP contribution >= 0.6 is 24.0 Å². The van der Waals surface area contributed by atoms with Crippen molar-refractivity contribution in [1.29, 1.82) is 0 Å². The van der Waals surface area contributed by atoms with E-state index in [1.54, 1.807) is 32.5 Å². The highest BCUT2D eigenvalue weighted by atomic mass is 127. The van der Waals surface area contributed by atoms with Crippen molar-refractivity contribution < 1.29 is 13.9 Å². The lowest BCUT2D eigenvalue weighted by atomic mass is 10.1. The number of pyridine rings is 1. The molecule has 6 nitrogen and oxygen atoms in total.